The van der Waals surface area contributed by atoms with E-state index < -0.39 is 11.9 Å². The number of fused-ring (bicyclic) bond motifs is 1. The van der Waals surface area contributed by atoms with Crippen molar-refractivity contribution in [2.24, 2.45) is 0 Å². The highest BCUT2D eigenvalue weighted by Gasteiger charge is 2.11. The number of nitrogens with one attached hydrogen (secondary N) is 2. The molecule has 0 aliphatic carbocycles. The largest absolute Gasteiger partial charge is 0.478 e. The molecule has 2 aromatic carbocycles. The highest BCUT2D eigenvalue weighted by atomic mass is 16.4. The molecule has 6 heteroatoms. The third kappa shape index (κ3) is 3.17. The van der Waals surface area contributed by atoms with Crippen molar-refractivity contribution in [2.45, 2.75) is 6.54 Å². The van der Waals surface area contributed by atoms with E-state index in [9.17, 15) is 14.4 Å². The van der Waals surface area contributed by atoms with E-state index in [1.807, 2.05) is 0 Å². The molecule has 6 nitrogen and oxygen atoms in total. The minimum atomic E-state index is -1.02. The molecule has 120 valence electrons. The average Bonchev–Trinajstić information content (AvgIpc) is 2.59. The number of carbonyl (C=O) groups is 2. The van der Waals surface area contributed by atoms with E-state index in [-0.39, 0.29) is 23.2 Å². The maximum absolute atomic E-state index is 12.4. The quantitative estimate of drug-likeness (QED) is 0.685. The van der Waals surface area contributed by atoms with E-state index in [0.717, 1.165) is 0 Å². The van der Waals surface area contributed by atoms with Crippen LogP contribution in [0.1, 0.15) is 26.3 Å². The van der Waals surface area contributed by atoms with Crippen molar-refractivity contribution < 1.29 is 14.7 Å². The zero-order valence-corrected chi connectivity index (χ0v) is 12.6. The van der Waals surface area contributed by atoms with E-state index in [2.05, 4.69) is 10.3 Å². The van der Waals surface area contributed by atoms with Crippen molar-refractivity contribution in [1.29, 1.82) is 0 Å². The van der Waals surface area contributed by atoms with E-state index in [0.29, 0.717) is 16.5 Å². The third-order valence-electron chi connectivity index (χ3n) is 3.62. The Balaban J connectivity index is 1.85. The number of H-pyrrole nitrogens is 1. The fourth-order valence-electron chi connectivity index (χ4n) is 2.48. The number of carbonyl (C=O) groups excluding carboxylic acids is 1. The first-order valence-corrected chi connectivity index (χ1v) is 7.27. The van der Waals surface area contributed by atoms with Crippen molar-refractivity contribution in [1.82, 2.24) is 10.3 Å². The molecule has 0 aliphatic rings. The highest BCUT2D eigenvalue weighted by molar-refractivity contribution is 6.05. The minimum Gasteiger partial charge on any atom is -0.478 e. The van der Waals surface area contributed by atoms with Gasteiger partial charge in [0.1, 0.15) is 0 Å². The summed E-state index contributed by atoms with van der Waals surface area (Å²) in [5.74, 6) is -1.42. The number of aromatic carboxylic acids is 1. The van der Waals surface area contributed by atoms with Crippen LogP contribution in [0.15, 0.2) is 59.4 Å². The van der Waals surface area contributed by atoms with Crippen LogP contribution in [0.25, 0.3) is 10.9 Å². The Kier molecular flexibility index (Phi) is 4.11. The van der Waals surface area contributed by atoms with Gasteiger partial charge in [-0.15, -0.1) is 0 Å². The maximum atomic E-state index is 12.4. The molecule has 0 atom stereocenters. The number of carboxylic acid groups (broad SMARTS) is 1. The van der Waals surface area contributed by atoms with Crippen molar-refractivity contribution >= 4 is 22.8 Å². The predicted molar refractivity (Wildman–Crippen MR) is 89.1 cm³/mol. The van der Waals surface area contributed by atoms with Crippen molar-refractivity contribution in [3.8, 4) is 0 Å². The first kappa shape index (κ1) is 15.5. The second-order valence-electron chi connectivity index (χ2n) is 5.28. The molecule has 0 spiro atoms. The van der Waals surface area contributed by atoms with Gasteiger partial charge in [-0.25, -0.2) is 4.79 Å². The Hall–Kier alpha value is -3.41. The summed E-state index contributed by atoms with van der Waals surface area (Å²) in [6.07, 6.45) is 0. The molecule has 3 N–H and O–H groups in total. The van der Waals surface area contributed by atoms with E-state index in [1.165, 1.54) is 18.2 Å². The lowest BCUT2D eigenvalue weighted by Gasteiger charge is -2.08. The number of aromatic nitrogens is 1. The van der Waals surface area contributed by atoms with Gasteiger partial charge in [0, 0.05) is 23.5 Å². The van der Waals surface area contributed by atoms with Crippen molar-refractivity contribution in [3.63, 3.8) is 0 Å². The number of para-hydroxylation sites is 1. The molecule has 3 aromatic rings. The summed E-state index contributed by atoms with van der Waals surface area (Å²) in [7, 11) is 0. The molecule has 1 aromatic heterocycles. The lowest BCUT2D eigenvalue weighted by molar-refractivity contribution is 0.0696. The van der Waals surface area contributed by atoms with E-state index in [4.69, 9.17) is 5.11 Å². The van der Waals surface area contributed by atoms with Crippen LogP contribution in [-0.2, 0) is 6.54 Å². The summed E-state index contributed by atoms with van der Waals surface area (Å²) in [6, 6.07) is 14.6. The van der Waals surface area contributed by atoms with Gasteiger partial charge in [-0.05, 0) is 23.8 Å². The molecular weight excluding hydrogens is 308 g/mol. The predicted octanol–water partition coefficient (Wildman–Crippen LogP) is 2.16. The van der Waals surface area contributed by atoms with Crippen LogP contribution in [-0.4, -0.2) is 22.0 Å². The monoisotopic (exact) mass is 322 g/mol. The number of carboxylic acids is 1. The smallest absolute Gasteiger partial charge is 0.335 e. The minimum absolute atomic E-state index is 0.156. The molecule has 1 amide bonds. The molecule has 0 bridgehead atoms. The van der Waals surface area contributed by atoms with Gasteiger partial charge >= 0.3 is 5.97 Å². The first-order chi connectivity index (χ1) is 11.5. The fraction of sp³-hybridized carbons (Fsp3) is 0.0556. The van der Waals surface area contributed by atoms with E-state index >= 15 is 0 Å². The van der Waals surface area contributed by atoms with Crippen LogP contribution in [0.2, 0.25) is 0 Å². The second-order valence-corrected chi connectivity index (χ2v) is 5.28. The zero-order valence-electron chi connectivity index (χ0n) is 12.6. The zero-order chi connectivity index (χ0) is 17.1. The highest BCUT2D eigenvalue weighted by Crippen LogP contribution is 2.14. The van der Waals surface area contributed by atoms with Gasteiger partial charge in [0.05, 0.1) is 11.1 Å². The van der Waals surface area contributed by atoms with Gasteiger partial charge in [0.25, 0.3) is 5.91 Å². The Labute approximate surface area is 136 Å². The molecule has 1 heterocycles. The molecule has 0 aliphatic heterocycles. The standard InChI is InChI=1S/C18H14N2O4/c21-16-9-14(13-6-1-2-7-15(13)20-16)17(22)19-10-11-4-3-5-12(8-11)18(23)24/h1-9H,10H2,(H,19,22)(H,20,21)(H,23,24). The molecule has 24 heavy (non-hydrogen) atoms. The first-order valence-electron chi connectivity index (χ1n) is 7.27. The topological polar surface area (TPSA) is 99.3 Å². The summed E-state index contributed by atoms with van der Waals surface area (Å²) >= 11 is 0. The van der Waals surface area contributed by atoms with Crippen molar-refractivity contribution in [2.75, 3.05) is 0 Å². The van der Waals surface area contributed by atoms with Gasteiger partial charge < -0.3 is 15.4 Å². The third-order valence-corrected chi connectivity index (χ3v) is 3.62. The Morgan fingerprint density at radius 2 is 1.83 bits per heavy atom. The number of hydrogen-bond acceptors (Lipinski definition) is 3. The molecule has 0 fully saturated rings. The fourth-order valence-corrected chi connectivity index (χ4v) is 2.48. The average molecular weight is 322 g/mol. The van der Waals surface area contributed by atoms with Crippen LogP contribution in [0.3, 0.4) is 0 Å². The van der Waals surface area contributed by atoms with E-state index in [1.54, 1.807) is 36.4 Å². The number of aromatic amines is 1. The number of amides is 1. The van der Waals surface area contributed by atoms with Crippen LogP contribution in [0.4, 0.5) is 0 Å². The lowest BCUT2D eigenvalue weighted by Crippen LogP contribution is -2.25. The molecule has 3 rings (SSSR count). The van der Waals surface area contributed by atoms with Crippen LogP contribution in [0.5, 0.6) is 0 Å². The number of rotatable bonds is 4. The molecule has 0 radical (unpaired) electrons. The normalized spacial score (nSPS) is 10.5. The van der Waals surface area contributed by atoms with Gasteiger partial charge in [-0.3, -0.25) is 9.59 Å². The lowest BCUT2D eigenvalue weighted by atomic mass is 10.1. The Morgan fingerprint density at radius 1 is 1.04 bits per heavy atom. The number of hydrogen-bond donors (Lipinski definition) is 3. The number of pyridine rings is 1. The SMILES string of the molecule is O=C(O)c1cccc(CNC(=O)c2cc(=O)[nH]c3ccccc23)c1. The summed E-state index contributed by atoms with van der Waals surface area (Å²) in [5, 5.41) is 12.4. The summed E-state index contributed by atoms with van der Waals surface area (Å²) < 4.78 is 0. The number of benzene rings is 2. The Bertz CT molecular complexity index is 991. The van der Waals surface area contributed by atoms with Crippen molar-refractivity contribution in [3.05, 3.63) is 81.6 Å². The van der Waals surface area contributed by atoms with Gasteiger partial charge in [-0.1, -0.05) is 30.3 Å². The van der Waals surface area contributed by atoms with Crippen LogP contribution in [0, 0.1) is 0 Å². The molecule has 0 unspecified atom stereocenters. The summed E-state index contributed by atoms with van der Waals surface area (Å²) in [4.78, 5) is 37.8. The maximum Gasteiger partial charge on any atom is 0.335 e. The van der Waals surface area contributed by atoms with Crippen LogP contribution < -0.4 is 10.9 Å². The Morgan fingerprint density at radius 3 is 2.62 bits per heavy atom. The van der Waals surface area contributed by atoms with Gasteiger partial charge in [-0.2, -0.15) is 0 Å². The molecule has 0 saturated carbocycles. The molecular formula is C18H14N2O4. The molecule has 0 saturated heterocycles. The van der Waals surface area contributed by atoms with Gasteiger partial charge in [0.15, 0.2) is 0 Å². The summed E-state index contributed by atoms with van der Waals surface area (Å²) in [5.41, 5.74) is 1.33. The summed E-state index contributed by atoms with van der Waals surface area (Å²) in [6.45, 7) is 0.168. The van der Waals surface area contributed by atoms with Gasteiger partial charge in [0.2, 0.25) is 5.56 Å². The second kappa shape index (κ2) is 6.37. The van der Waals surface area contributed by atoms with Crippen LogP contribution >= 0.6 is 0 Å².